The molecule has 3 nitrogen and oxygen atoms in total. The summed E-state index contributed by atoms with van der Waals surface area (Å²) >= 11 is 7.69. The van der Waals surface area contributed by atoms with Crippen molar-refractivity contribution in [3.63, 3.8) is 0 Å². The predicted octanol–water partition coefficient (Wildman–Crippen LogP) is 5.37. The van der Waals surface area contributed by atoms with Crippen LogP contribution >= 0.6 is 22.9 Å². The Morgan fingerprint density at radius 2 is 1.87 bits per heavy atom. The topological polar surface area (TPSA) is 42.9 Å². The number of aromatic nitrogens is 2. The number of ketones is 1. The molecule has 23 heavy (non-hydrogen) atoms. The van der Waals surface area contributed by atoms with Gasteiger partial charge in [0, 0.05) is 5.56 Å². The van der Waals surface area contributed by atoms with Crippen LogP contribution in [0.4, 0.5) is 0 Å². The molecule has 4 rings (SSSR count). The molecule has 0 atom stereocenters. The van der Waals surface area contributed by atoms with Gasteiger partial charge in [0.25, 0.3) is 0 Å². The summed E-state index contributed by atoms with van der Waals surface area (Å²) in [6.07, 6.45) is 1.43. The summed E-state index contributed by atoms with van der Waals surface area (Å²) in [5, 5.41) is 3.33. The van der Waals surface area contributed by atoms with Crippen LogP contribution in [-0.4, -0.2) is 15.8 Å². The van der Waals surface area contributed by atoms with Gasteiger partial charge in [-0.1, -0.05) is 54.1 Å². The number of carbonyl (C=O) groups is 1. The van der Waals surface area contributed by atoms with E-state index in [1.165, 1.54) is 17.7 Å². The Bertz CT molecular complexity index is 1070. The smallest absolute Gasteiger partial charge is 0.170 e. The Balaban J connectivity index is 2.20. The van der Waals surface area contributed by atoms with Gasteiger partial charge in [-0.2, -0.15) is 0 Å². The first-order chi connectivity index (χ1) is 11.2. The van der Waals surface area contributed by atoms with Crippen LogP contribution < -0.4 is 0 Å². The number of fused-ring (bicyclic) bond motifs is 2. The fourth-order valence-corrected chi connectivity index (χ4v) is 4.18. The van der Waals surface area contributed by atoms with E-state index in [-0.39, 0.29) is 5.78 Å². The van der Waals surface area contributed by atoms with Crippen LogP contribution in [0.15, 0.2) is 48.8 Å². The van der Waals surface area contributed by atoms with Crippen molar-refractivity contribution < 1.29 is 4.79 Å². The van der Waals surface area contributed by atoms with Gasteiger partial charge in [-0.15, -0.1) is 11.3 Å². The highest BCUT2D eigenvalue weighted by Crippen LogP contribution is 2.43. The second-order valence-electron chi connectivity index (χ2n) is 5.23. The molecule has 0 bridgehead atoms. The van der Waals surface area contributed by atoms with Gasteiger partial charge in [-0.3, -0.25) is 4.79 Å². The molecule has 4 aromatic rings. The zero-order valence-corrected chi connectivity index (χ0v) is 13.8. The zero-order valence-electron chi connectivity index (χ0n) is 12.2. The Labute approximate surface area is 141 Å². The van der Waals surface area contributed by atoms with Crippen LogP contribution in [0.5, 0.6) is 0 Å². The van der Waals surface area contributed by atoms with Gasteiger partial charge >= 0.3 is 0 Å². The molecule has 0 radical (unpaired) electrons. The lowest BCUT2D eigenvalue weighted by Crippen LogP contribution is -1.92. The van der Waals surface area contributed by atoms with Crippen molar-refractivity contribution in [2.75, 3.05) is 0 Å². The summed E-state index contributed by atoms with van der Waals surface area (Å²) < 4.78 is 0. The molecular formula is C18H11ClN2OS. The van der Waals surface area contributed by atoms with E-state index in [0.717, 1.165) is 32.1 Å². The highest BCUT2D eigenvalue weighted by Gasteiger charge is 2.21. The number of hydrogen-bond donors (Lipinski definition) is 0. The number of halogens is 1. The highest BCUT2D eigenvalue weighted by molar-refractivity contribution is 7.21. The Kier molecular flexibility index (Phi) is 3.36. The van der Waals surface area contributed by atoms with Crippen LogP contribution in [-0.2, 0) is 0 Å². The van der Waals surface area contributed by atoms with Crippen molar-refractivity contribution in [1.82, 2.24) is 9.97 Å². The van der Waals surface area contributed by atoms with E-state index in [2.05, 4.69) is 28.2 Å². The maximum absolute atomic E-state index is 12.2. The van der Waals surface area contributed by atoms with Crippen molar-refractivity contribution in [3.05, 3.63) is 58.8 Å². The van der Waals surface area contributed by atoms with Gasteiger partial charge in [0.2, 0.25) is 0 Å². The first-order valence-corrected chi connectivity index (χ1v) is 8.28. The van der Waals surface area contributed by atoms with Gasteiger partial charge in [0.1, 0.15) is 16.3 Å². The Hall–Kier alpha value is -2.30. The summed E-state index contributed by atoms with van der Waals surface area (Å²) in [6, 6.07) is 14.2. The van der Waals surface area contributed by atoms with Gasteiger partial charge in [0.05, 0.1) is 10.3 Å². The number of Topliss-reactive ketones (excluding diaryl/α,β-unsaturated/α-hetero) is 1. The van der Waals surface area contributed by atoms with E-state index in [1.54, 1.807) is 6.92 Å². The van der Waals surface area contributed by atoms with Gasteiger partial charge < -0.3 is 0 Å². The second kappa shape index (κ2) is 5.41. The summed E-state index contributed by atoms with van der Waals surface area (Å²) in [6.45, 7) is 1.57. The van der Waals surface area contributed by atoms with E-state index < -0.39 is 0 Å². The molecule has 0 saturated heterocycles. The van der Waals surface area contributed by atoms with Crippen molar-refractivity contribution >= 4 is 49.7 Å². The van der Waals surface area contributed by atoms with E-state index in [1.807, 2.05) is 24.3 Å². The minimum Gasteiger partial charge on any atom is -0.294 e. The number of rotatable bonds is 2. The SMILES string of the molecule is CC(=O)c1sc2ncnc(Cl)c2c1-c1cccc2ccccc12. The number of carbonyl (C=O) groups excluding carboxylic acids is 1. The number of nitrogens with zero attached hydrogens (tertiary/aromatic N) is 2. The molecular weight excluding hydrogens is 328 g/mol. The van der Waals surface area contributed by atoms with Crippen LogP contribution in [0.2, 0.25) is 5.15 Å². The number of benzene rings is 2. The zero-order chi connectivity index (χ0) is 16.0. The lowest BCUT2D eigenvalue weighted by molar-refractivity contribution is 0.102. The molecule has 5 heteroatoms. The summed E-state index contributed by atoms with van der Waals surface area (Å²) in [5.74, 6) is 0.00648. The number of hydrogen-bond acceptors (Lipinski definition) is 4. The first-order valence-electron chi connectivity index (χ1n) is 7.09. The normalized spacial score (nSPS) is 11.2. The lowest BCUT2D eigenvalue weighted by atomic mass is 9.96. The lowest BCUT2D eigenvalue weighted by Gasteiger charge is -2.08. The first kappa shape index (κ1) is 14.3. The van der Waals surface area contributed by atoms with Crippen LogP contribution in [0.3, 0.4) is 0 Å². The minimum absolute atomic E-state index is 0.00648. The highest BCUT2D eigenvalue weighted by atomic mass is 35.5. The van der Waals surface area contributed by atoms with E-state index in [9.17, 15) is 4.79 Å². The fourth-order valence-electron chi connectivity index (χ4n) is 2.85. The van der Waals surface area contributed by atoms with Crippen LogP contribution in [0, 0.1) is 0 Å². The molecule has 0 aliphatic rings. The van der Waals surface area contributed by atoms with Crippen molar-refractivity contribution in [1.29, 1.82) is 0 Å². The van der Waals surface area contributed by atoms with E-state index in [4.69, 9.17) is 11.6 Å². The summed E-state index contributed by atoms with van der Waals surface area (Å²) in [4.78, 5) is 22.0. The molecule has 0 unspecified atom stereocenters. The summed E-state index contributed by atoms with van der Waals surface area (Å²) in [7, 11) is 0. The monoisotopic (exact) mass is 338 g/mol. The molecule has 0 aliphatic heterocycles. The van der Waals surface area contributed by atoms with Crippen molar-refractivity contribution in [2.24, 2.45) is 0 Å². The average molecular weight is 339 g/mol. The van der Waals surface area contributed by atoms with Gasteiger partial charge in [0.15, 0.2) is 5.78 Å². The molecule has 0 saturated carbocycles. The third-order valence-electron chi connectivity index (χ3n) is 3.82. The molecule has 0 aliphatic carbocycles. The molecule has 112 valence electrons. The molecule has 2 heterocycles. The standard InChI is InChI=1S/C18H11ClN2OS/c1-10(22)16-14(15-17(19)20-9-21-18(15)23-16)13-8-4-6-11-5-2-3-7-12(11)13/h2-9H,1H3. The van der Waals surface area contributed by atoms with Crippen LogP contribution in [0.1, 0.15) is 16.6 Å². The average Bonchev–Trinajstić information content (AvgIpc) is 2.95. The quantitative estimate of drug-likeness (QED) is 0.364. The van der Waals surface area contributed by atoms with Gasteiger partial charge in [-0.25, -0.2) is 9.97 Å². The molecule has 0 spiro atoms. The van der Waals surface area contributed by atoms with Gasteiger partial charge in [-0.05, 0) is 23.3 Å². The largest absolute Gasteiger partial charge is 0.294 e. The molecule has 2 aromatic carbocycles. The molecule has 0 amide bonds. The fraction of sp³-hybridized carbons (Fsp3) is 0.0556. The predicted molar refractivity (Wildman–Crippen MR) is 95.4 cm³/mol. The molecule has 0 fully saturated rings. The van der Waals surface area contributed by atoms with E-state index >= 15 is 0 Å². The third-order valence-corrected chi connectivity index (χ3v) is 5.31. The maximum atomic E-state index is 12.2. The molecule has 0 N–H and O–H groups in total. The van der Waals surface area contributed by atoms with E-state index in [0.29, 0.717) is 10.0 Å². The van der Waals surface area contributed by atoms with Crippen molar-refractivity contribution in [3.8, 4) is 11.1 Å². The third kappa shape index (κ3) is 2.22. The second-order valence-corrected chi connectivity index (χ2v) is 6.59. The Morgan fingerprint density at radius 3 is 2.70 bits per heavy atom. The molecule has 2 aromatic heterocycles. The van der Waals surface area contributed by atoms with Crippen molar-refractivity contribution in [2.45, 2.75) is 6.92 Å². The maximum Gasteiger partial charge on any atom is 0.170 e. The summed E-state index contributed by atoms with van der Waals surface area (Å²) in [5.41, 5.74) is 1.82. The minimum atomic E-state index is 0.00648. The Morgan fingerprint density at radius 1 is 1.09 bits per heavy atom. The number of thiophene rings is 1. The van der Waals surface area contributed by atoms with Crippen LogP contribution in [0.25, 0.3) is 32.1 Å².